The number of hydrogen-bond donors (Lipinski definition) is 2. The Morgan fingerprint density at radius 1 is 1.35 bits per heavy atom. The highest BCUT2D eigenvalue weighted by Gasteiger charge is 2.26. The quantitative estimate of drug-likeness (QED) is 0.877. The first kappa shape index (κ1) is 12.5. The minimum absolute atomic E-state index is 0.200. The van der Waals surface area contributed by atoms with Crippen LogP contribution in [0.25, 0.3) is 0 Å². The maximum atomic E-state index is 12.2. The van der Waals surface area contributed by atoms with Crippen LogP contribution in [0, 0.1) is 6.92 Å². The first-order valence-electron chi connectivity index (χ1n) is 6.46. The van der Waals surface area contributed by atoms with Gasteiger partial charge in [0.2, 0.25) is 0 Å². The van der Waals surface area contributed by atoms with Crippen LogP contribution in [0.1, 0.15) is 5.56 Å². The Morgan fingerprint density at radius 2 is 2.20 bits per heavy atom. The average molecular weight is 269 g/mol. The molecule has 1 unspecified atom stereocenters. The number of nitrogens with zero attached hydrogens (tertiary/aromatic N) is 1. The number of para-hydroxylation sites is 2. The number of hydrogen-bond acceptors (Lipinski definition) is 4. The molecule has 0 aliphatic carbocycles. The lowest BCUT2D eigenvalue weighted by Gasteiger charge is -2.26. The monoisotopic (exact) mass is 269 g/mol. The number of aryl methyl sites for hydroxylation is 1. The first-order chi connectivity index (χ1) is 9.74. The van der Waals surface area contributed by atoms with Gasteiger partial charge in [0.05, 0.1) is 12.2 Å². The maximum Gasteiger partial charge on any atom is 0.268 e. The lowest BCUT2D eigenvalue weighted by molar-refractivity contribution is -0.122. The Bertz CT molecular complexity index is 643. The molecule has 1 aliphatic heterocycles. The number of anilines is 2. The van der Waals surface area contributed by atoms with Gasteiger partial charge in [-0.1, -0.05) is 18.2 Å². The number of pyridine rings is 1. The van der Waals surface area contributed by atoms with Crippen LogP contribution >= 0.6 is 0 Å². The van der Waals surface area contributed by atoms with Gasteiger partial charge in [0.15, 0.2) is 6.10 Å². The zero-order chi connectivity index (χ0) is 13.9. The normalized spacial score (nSPS) is 16.6. The summed E-state index contributed by atoms with van der Waals surface area (Å²) in [6.07, 6.45) is 1.09. The molecule has 2 N–H and O–H groups in total. The Labute approximate surface area is 117 Å². The fraction of sp³-hybridized carbons (Fsp3) is 0.200. The minimum Gasteiger partial charge on any atom is -0.477 e. The summed E-state index contributed by atoms with van der Waals surface area (Å²) >= 11 is 0. The lowest BCUT2D eigenvalue weighted by Crippen LogP contribution is -2.41. The molecule has 5 heteroatoms. The second-order valence-electron chi connectivity index (χ2n) is 4.64. The van der Waals surface area contributed by atoms with Crippen molar-refractivity contribution in [2.24, 2.45) is 0 Å². The molecule has 0 spiro atoms. The van der Waals surface area contributed by atoms with E-state index < -0.39 is 6.10 Å². The molecule has 20 heavy (non-hydrogen) atoms. The van der Waals surface area contributed by atoms with Crippen molar-refractivity contribution < 1.29 is 9.53 Å². The molecular weight excluding hydrogens is 254 g/mol. The number of ether oxygens (including phenoxy) is 1. The van der Waals surface area contributed by atoms with Gasteiger partial charge in [0.25, 0.3) is 5.91 Å². The molecule has 5 nitrogen and oxygen atoms in total. The molecule has 1 amide bonds. The molecule has 2 heterocycles. The number of amides is 1. The van der Waals surface area contributed by atoms with Crippen molar-refractivity contribution in [3.8, 4) is 5.75 Å². The minimum atomic E-state index is -0.564. The van der Waals surface area contributed by atoms with Crippen LogP contribution in [-0.4, -0.2) is 23.5 Å². The van der Waals surface area contributed by atoms with Crippen LogP contribution in [0.3, 0.4) is 0 Å². The average Bonchev–Trinajstić information content (AvgIpc) is 2.49. The molecule has 102 valence electrons. The highest BCUT2D eigenvalue weighted by Crippen LogP contribution is 2.28. The Kier molecular flexibility index (Phi) is 3.25. The molecule has 1 aromatic heterocycles. The van der Waals surface area contributed by atoms with Gasteiger partial charge in [0, 0.05) is 6.20 Å². The fourth-order valence-electron chi connectivity index (χ4n) is 2.07. The number of carbonyl (C=O) groups is 1. The topological polar surface area (TPSA) is 63.2 Å². The summed E-state index contributed by atoms with van der Waals surface area (Å²) in [7, 11) is 0. The predicted molar refractivity (Wildman–Crippen MR) is 77.0 cm³/mol. The predicted octanol–water partition coefficient (Wildman–Crippen LogP) is 2.20. The van der Waals surface area contributed by atoms with Gasteiger partial charge in [-0.15, -0.1) is 0 Å². The molecule has 2 aromatic rings. The van der Waals surface area contributed by atoms with E-state index in [4.69, 9.17) is 4.74 Å². The van der Waals surface area contributed by atoms with E-state index in [1.165, 1.54) is 0 Å². The third kappa shape index (κ3) is 2.42. The molecule has 0 fully saturated rings. The summed E-state index contributed by atoms with van der Waals surface area (Å²) in [6.45, 7) is 2.34. The van der Waals surface area contributed by atoms with Crippen LogP contribution in [0.2, 0.25) is 0 Å². The first-order valence-corrected chi connectivity index (χ1v) is 6.46. The summed E-state index contributed by atoms with van der Waals surface area (Å²) < 4.78 is 5.70. The molecule has 0 saturated heterocycles. The number of rotatable bonds is 2. The van der Waals surface area contributed by atoms with E-state index in [0.29, 0.717) is 18.1 Å². The van der Waals surface area contributed by atoms with Crippen LogP contribution in [0.5, 0.6) is 5.75 Å². The standard InChI is InChI=1S/C15H15N3O2/c1-10-5-4-8-16-14(10)18-15(19)13-9-17-11-6-2-3-7-12(11)20-13/h2-8,13,17H,9H2,1H3,(H,16,18,19). The fourth-order valence-corrected chi connectivity index (χ4v) is 2.07. The summed E-state index contributed by atoms with van der Waals surface area (Å²) in [5.74, 6) is 1.06. The molecule has 3 rings (SSSR count). The van der Waals surface area contributed by atoms with E-state index in [0.717, 1.165) is 11.3 Å². The summed E-state index contributed by atoms with van der Waals surface area (Å²) in [5.41, 5.74) is 1.83. The summed E-state index contributed by atoms with van der Waals surface area (Å²) in [5, 5.41) is 5.98. The Morgan fingerprint density at radius 3 is 3.05 bits per heavy atom. The van der Waals surface area contributed by atoms with Gasteiger partial charge < -0.3 is 15.4 Å². The van der Waals surface area contributed by atoms with E-state index in [1.807, 2.05) is 43.3 Å². The highest BCUT2D eigenvalue weighted by molar-refractivity contribution is 5.95. The van der Waals surface area contributed by atoms with E-state index >= 15 is 0 Å². The van der Waals surface area contributed by atoms with Crippen LogP contribution < -0.4 is 15.4 Å². The largest absolute Gasteiger partial charge is 0.477 e. The van der Waals surface area contributed by atoms with E-state index in [9.17, 15) is 4.79 Å². The van der Waals surface area contributed by atoms with Gasteiger partial charge in [-0.3, -0.25) is 4.79 Å². The van der Waals surface area contributed by atoms with Gasteiger partial charge in [-0.25, -0.2) is 4.98 Å². The zero-order valence-corrected chi connectivity index (χ0v) is 11.1. The van der Waals surface area contributed by atoms with Crippen molar-refractivity contribution in [2.45, 2.75) is 13.0 Å². The van der Waals surface area contributed by atoms with Crippen molar-refractivity contribution >= 4 is 17.4 Å². The molecule has 0 saturated carbocycles. The molecule has 1 aliphatic rings. The van der Waals surface area contributed by atoms with Crippen molar-refractivity contribution in [3.05, 3.63) is 48.2 Å². The molecule has 1 atom stereocenters. The van der Waals surface area contributed by atoms with Crippen molar-refractivity contribution in [1.29, 1.82) is 0 Å². The summed E-state index contributed by atoms with van der Waals surface area (Å²) in [4.78, 5) is 16.4. The van der Waals surface area contributed by atoms with Gasteiger partial charge in [0.1, 0.15) is 11.6 Å². The zero-order valence-electron chi connectivity index (χ0n) is 11.1. The van der Waals surface area contributed by atoms with Crippen LogP contribution in [-0.2, 0) is 4.79 Å². The number of nitrogens with one attached hydrogen (secondary N) is 2. The van der Waals surface area contributed by atoms with Gasteiger partial charge in [-0.2, -0.15) is 0 Å². The Hall–Kier alpha value is -2.56. The molecule has 0 bridgehead atoms. The highest BCUT2D eigenvalue weighted by atomic mass is 16.5. The van der Waals surface area contributed by atoms with Gasteiger partial charge in [-0.05, 0) is 30.7 Å². The number of aromatic nitrogens is 1. The third-order valence-electron chi connectivity index (χ3n) is 3.18. The number of benzene rings is 1. The Balaban J connectivity index is 1.72. The lowest BCUT2D eigenvalue weighted by atomic mass is 10.2. The smallest absolute Gasteiger partial charge is 0.268 e. The van der Waals surface area contributed by atoms with E-state index in [-0.39, 0.29) is 5.91 Å². The third-order valence-corrected chi connectivity index (χ3v) is 3.18. The number of carbonyl (C=O) groups excluding carboxylic acids is 1. The molecule has 1 aromatic carbocycles. The number of fused-ring (bicyclic) bond motifs is 1. The van der Waals surface area contributed by atoms with Crippen molar-refractivity contribution in [3.63, 3.8) is 0 Å². The van der Waals surface area contributed by atoms with Crippen molar-refractivity contribution in [2.75, 3.05) is 17.2 Å². The van der Waals surface area contributed by atoms with Crippen LogP contribution in [0.4, 0.5) is 11.5 Å². The maximum absolute atomic E-state index is 12.2. The second-order valence-corrected chi connectivity index (χ2v) is 4.64. The van der Waals surface area contributed by atoms with Gasteiger partial charge >= 0.3 is 0 Å². The SMILES string of the molecule is Cc1cccnc1NC(=O)C1CNc2ccccc2O1. The molecule has 0 radical (unpaired) electrons. The van der Waals surface area contributed by atoms with Crippen LogP contribution in [0.15, 0.2) is 42.6 Å². The van der Waals surface area contributed by atoms with E-state index in [2.05, 4.69) is 15.6 Å². The van der Waals surface area contributed by atoms with Crippen molar-refractivity contribution in [1.82, 2.24) is 4.98 Å². The summed E-state index contributed by atoms with van der Waals surface area (Å²) in [6, 6.07) is 11.3. The van der Waals surface area contributed by atoms with E-state index in [1.54, 1.807) is 6.20 Å². The second kappa shape index (κ2) is 5.21. The molecular formula is C15H15N3O2.